The second-order valence-electron chi connectivity index (χ2n) is 4.48. The van der Waals surface area contributed by atoms with Gasteiger partial charge in [-0.05, 0) is 42.9 Å². The van der Waals surface area contributed by atoms with Gasteiger partial charge in [0.05, 0.1) is 0 Å². The number of nitrogens with one attached hydrogen (secondary N) is 2. The van der Waals surface area contributed by atoms with Gasteiger partial charge in [0.25, 0.3) is 0 Å². The number of anilines is 1. The first-order chi connectivity index (χ1) is 10.2. The minimum Gasteiger partial charge on any atom is -0.331 e. The van der Waals surface area contributed by atoms with Crippen LogP contribution in [0.2, 0.25) is 0 Å². The van der Waals surface area contributed by atoms with Crippen molar-refractivity contribution in [2.75, 3.05) is 5.32 Å². The highest BCUT2D eigenvalue weighted by molar-refractivity contribution is 7.80. The summed E-state index contributed by atoms with van der Waals surface area (Å²) in [5, 5.41) is 7.56. The van der Waals surface area contributed by atoms with E-state index in [0.29, 0.717) is 5.11 Å². The SMILES string of the molecule is Cc1ccc(NC(=S)N/N=C/C=C/c2ccccc2)cc1. The second-order valence-corrected chi connectivity index (χ2v) is 4.89. The average molecular weight is 295 g/mol. The molecule has 3 nitrogen and oxygen atoms in total. The highest BCUT2D eigenvalue weighted by Gasteiger charge is 1.94. The van der Waals surface area contributed by atoms with Gasteiger partial charge in [0.2, 0.25) is 0 Å². The molecule has 0 aliphatic heterocycles. The molecule has 0 unspecified atom stereocenters. The number of hydrazone groups is 1. The Labute approximate surface area is 130 Å². The molecule has 2 aromatic carbocycles. The summed E-state index contributed by atoms with van der Waals surface area (Å²) < 4.78 is 0. The quantitative estimate of drug-likeness (QED) is 0.509. The maximum atomic E-state index is 5.15. The molecule has 2 rings (SSSR count). The maximum absolute atomic E-state index is 5.15. The van der Waals surface area contributed by atoms with Crippen molar-refractivity contribution in [3.63, 3.8) is 0 Å². The first-order valence-electron chi connectivity index (χ1n) is 6.62. The van der Waals surface area contributed by atoms with E-state index in [4.69, 9.17) is 12.2 Å². The van der Waals surface area contributed by atoms with Crippen LogP contribution in [-0.2, 0) is 0 Å². The van der Waals surface area contributed by atoms with Crippen molar-refractivity contribution in [1.82, 2.24) is 5.43 Å². The number of hydrogen-bond acceptors (Lipinski definition) is 2. The minimum atomic E-state index is 0.461. The van der Waals surface area contributed by atoms with E-state index in [1.807, 2.05) is 73.7 Å². The Morgan fingerprint density at radius 2 is 1.76 bits per heavy atom. The normalized spacial score (nSPS) is 10.9. The summed E-state index contributed by atoms with van der Waals surface area (Å²) in [6.07, 6.45) is 5.49. The van der Waals surface area contributed by atoms with Crippen LogP contribution in [0.1, 0.15) is 11.1 Å². The van der Waals surface area contributed by atoms with Crippen LogP contribution in [0.25, 0.3) is 6.08 Å². The number of aryl methyl sites for hydroxylation is 1. The summed E-state index contributed by atoms with van der Waals surface area (Å²) in [7, 11) is 0. The van der Waals surface area contributed by atoms with Gasteiger partial charge >= 0.3 is 0 Å². The van der Waals surface area contributed by atoms with Crippen molar-refractivity contribution < 1.29 is 0 Å². The van der Waals surface area contributed by atoms with Crippen LogP contribution in [0.4, 0.5) is 5.69 Å². The van der Waals surface area contributed by atoms with Crippen LogP contribution in [0, 0.1) is 6.92 Å². The summed E-state index contributed by atoms with van der Waals surface area (Å²) in [5.41, 5.74) is 6.05. The van der Waals surface area contributed by atoms with E-state index < -0.39 is 0 Å². The minimum absolute atomic E-state index is 0.461. The van der Waals surface area contributed by atoms with Crippen LogP contribution < -0.4 is 10.7 Å². The Balaban J connectivity index is 1.77. The first kappa shape index (κ1) is 14.9. The zero-order valence-corrected chi connectivity index (χ0v) is 12.6. The van der Waals surface area contributed by atoms with Crippen molar-refractivity contribution in [2.24, 2.45) is 5.10 Å². The number of thiocarbonyl (C=S) groups is 1. The molecule has 0 radical (unpaired) electrons. The topological polar surface area (TPSA) is 36.4 Å². The van der Waals surface area contributed by atoms with E-state index >= 15 is 0 Å². The Kier molecular flexibility index (Phi) is 5.67. The van der Waals surface area contributed by atoms with Crippen molar-refractivity contribution in [3.8, 4) is 0 Å². The van der Waals surface area contributed by atoms with Crippen LogP contribution in [0.5, 0.6) is 0 Å². The Bertz CT molecular complexity index is 631. The lowest BCUT2D eigenvalue weighted by molar-refractivity contribution is 1.05. The molecule has 106 valence electrons. The molecule has 0 saturated carbocycles. The van der Waals surface area contributed by atoms with Gasteiger partial charge < -0.3 is 5.32 Å². The number of allylic oxidation sites excluding steroid dienone is 1. The molecule has 2 aromatic rings. The molecule has 0 aliphatic rings. The monoisotopic (exact) mass is 295 g/mol. The van der Waals surface area contributed by atoms with Gasteiger partial charge in [-0.25, -0.2) is 0 Å². The lowest BCUT2D eigenvalue weighted by Crippen LogP contribution is -2.23. The zero-order chi connectivity index (χ0) is 14.9. The van der Waals surface area contributed by atoms with Crippen LogP contribution >= 0.6 is 12.2 Å². The molecule has 0 bridgehead atoms. The van der Waals surface area contributed by atoms with Crippen LogP contribution in [0.15, 0.2) is 65.8 Å². The van der Waals surface area contributed by atoms with E-state index in [-0.39, 0.29) is 0 Å². The fraction of sp³-hybridized carbons (Fsp3) is 0.0588. The Morgan fingerprint density at radius 1 is 1.05 bits per heavy atom. The zero-order valence-electron chi connectivity index (χ0n) is 11.8. The van der Waals surface area contributed by atoms with Crippen molar-refractivity contribution in [1.29, 1.82) is 0 Å². The lowest BCUT2D eigenvalue weighted by atomic mass is 10.2. The molecule has 21 heavy (non-hydrogen) atoms. The standard InChI is InChI=1S/C17H17N3S/c1-14-9-11-16(12-10-14)19-17(21)20-18-13-5-8-15-6-3-2-4-7-15/h2-13H,1H3,(H2,19,20,21)/b8-5+,18-13+. The predicted octanol–water partition coefficient (Wildman–Crippen LogP) is 3.98. The molecule has 0 atom stereocenters. The fourth-order valence-electron chi connectivity index (χ4n) is 1.65. The molecule has 2 N–H and O–H groups in total. The van der Waals surface area contributed by atoms with Gasteiger partial charge in [-0.15, -0.1) is 0 Å². The second kappa shape index (κ2) is 7.97. The molecule has 0 amide bonds. The molecule has 0 spiro atoms. The van der Waals surface area contributed by atoms with E-state index in [9.17, 15) is 0 Å². The molecule has 0 aliphatic carbocycles. The largest absolute Gasteiger partial charge is 0.331 e. The van der Waals surface area contributed by atoms with Gasteiger partial charge in [-0.1, -0.05) is 54.1 Å². The smallest absolute Gasteiger partial charge is 0.191 e. The van der Waals surface area contributed by atoms with Crippen molar-refractivity contribution in [2.45, 2.75) is 6.92 Å². The van der Waals surface area contributed by atoms with E-state index in [1.54, 1.807) is 6.21 Å². The molecule has 0 saturated heterocycles. The molecule has 0 fully saturated rings. The number of hydrogen-bond donors (Lipinski definition) is 2. The molecular weight excluding hydrogens is 278 g/mol. The summed E-state index contributed by atoms with van der Waals surface area (Å²) in [5.74, 6) is 0. The van der Waals surface area contributed by atoms with Crippen molar-refractivity contribution in [3.05, 3.63) is 71.8 Å². The number of rotatable bonds is 4. The summed E-state index contributed by atoms with van der Waals surface area (Å²) >= 11 is 5.15. The first-order valence-corrected chi connectivity index (χ1v) is 7.03. The van der Waals surface area contributed by atoms with E-state index in [0.717, 1.165) is 11.3 Å². The molecular formula is C17H17N3S. The third-order valence-electron chi connectivity index (χ3n) is 2.72. The summed E-state index contributed by atoms with van der Waals surface area (Å²) in [6.45, 7) is 2.05. The summed E-state index contributed by atoms with van der Waals surface area (Å²) in [6, 6.07) is 18.0. The van der Waals surface area contributed by atoms with E-state index in [1.165, 1.54) is 5.56 Å². The Hall–Kier alpha value is -2.46. The van der Waals surface area contributed by atoms with Gasteiger partial charge in [0, 0.05) is 11.9 Å². The van der Waals surface area contributed by atoms with Gasteiger partial charge in [-0.3, -0.25) is 5.43 Å². The van der Waals surface area contributed by atoms with Crippen LogP contribution in [0.3, 0.4) is 0 Å². The lowest BCUT2D eigenvalue weighted by Gasteiger charge is -2.06. The van der Waals surface area contributed by atoms with Crippen LogP contribution in [-0.4, -0.2) is 11.3 Å². The highest BCUT2D eigenvalue weighted by Crippen LogP contribution is 2.08. The van der Waals surface area contributed by atoms with Crippen molar-refractivity contribution >= 4 is 35.3 Å². The molecule has 0 aromatic heterocycles. The Morgan fingerprint density at radius 3 is 2.48 bits per heavy atom. The fourth-order valence-corrected chi connectivity index (χ4v) is 1.82. The summed E-state index contributed by atoms with van der Waals surface area (Å²) in [4.78, 5) is 0. The highest BCUT2D eigenvalue weighted by atomic mass is 32.1. The third kappa shape index (κ3) is 5.58. The maximum Gasteiger partial charge on any atom is 0.191 e. The van der Waals surface area contributed by atoms with E-state index in [2.05, 4.69) is 15.8 Å². The number of nitrogens with zero attached hydrogens (tertiary/aromatic N) is 1. The van der Waals surface area contributed by atoms with Gasteiger partial charge in [0.15, 0.2) is 5.11 Å². The van der Waals surface area contributed by atoms with Gasteiger partial charge in [-0.2, -0.15) is 5.10 Å². The number of benzene rings is 2. The third-order valence-corrected chi connectivity index (χ3v) is 2.92. The predicted molar refractivity (Wildman–Crippen MR) is 94.5 cm³/mol. The van der Waals surface area contributed by atoms with Gasteiger partial charge in [0.1, 0.15) is 0 Å². The molecule has 4 heteroatoms. The molecule has 0 heterocycles. The average Bonchev–Trinajstić information content (AvgIpc) is 2.50.